The van der Waals surface area contributed by atoms with Gasteiger partial charge < -0.3 is 0 Å². The first-order chi connectivity index (χ1) is 9.72. The Morgan fingerprint density at radius 1 is 1.00 bits per heavy atom. The molecule has 1 aliphatic rings. The Bertz CT molecular complexity index is 623. The molecule has 0 bridgehead atoms. The van der Waals surface area contributed by atoms with Crippen molar-refractivity contribution in [1.82, 2.24) is 0 Å². The Hall–Kier alpha value is -1.63. The molecule has 20 heavy (non-hydrogen) atoms. The van der Waals surface area contributed by atoms with Crippen molar-refractivity contribution in [3.8, 4) is 11.3 Å². The van der Waals surface area contributed by atoms with E-state index in [4.69, 9.17) is 0 Å². The summed E-state index contributed by atoms with van der Waals surface area (Å²) in [5, 5.41) is 0. The second-order valence-corrected chi connectivity index (χ2v) is 5.99. The van der Waals surface area contributed by atoms with Gasteiger partial charge in [0.1, 0.15) is 6.54 Å². The van der Waals surface area contributed by atoms with Gasteiger partial charge in [0.2, 0.25) is 5.69 Å². The smallest absolute Gasteiger partial charge is 0.196 e. The Labute approximate surface area is 122 Å². The summed E-state index contributed by atoms with van der Waals surface area (Å²) < 4.78 is 2.49. The van der Waals surface area contributed by atoms with Crippen molar-refractivity contribution >= 4 is 0 Å². The topological polar surface area (TPSA) is 3.88 Å². The fourth-order valence-corrected chi connectivity index (χ4v) is 3.79. The fourth-order valence-electron chi connectivity index (χ4n) is 3.79. The molecule has 1 aliphatic heterocycles. The third-order valence-corrected chi connectivity index (χ3v) is 5.25. The molecule has 1 heteroatoms. The molecule has 104 valence electrons. The molecule has 1 aromatic heterocycles. The Morgan fingerprint density at radius 3 is 2.50 bits per heavy atom. The van der Waals surface area contributed by atoms with Crippen molar-refractivity contribution in [2.24, 2.45) is 0 Å². The summed E-state index contributed by atoms with van der Waals surface area (Å²) in [5.74, 6) is 0. The van der Waals surface area contributed by atoms with Crippen molar-refractivity contribution in [2.75, 3.05) is 0 Å². The molecule has 0 atom stereocenters. The Morgan fingerprint density at radius 2 is 1.75 bits per heavy atom. The van der Waals surface area contributed by atoms with E-state index in [1.807, 2.05) is 0 Å². The Kier molecular flexibility index (Phi) is 3.37. The number of aromatic nitrogens is 1. The summed E-state index contributed by atoms with van der Waals surface area (Å²) in [6, 6.07) is 15.7. The highest BCUT2D eigenvalue weighted by molar-refractivity contribution is 5.63. The maximum atomic E-state index is 2.49. The molecule has 1 aromatic carbocycles. The van der Waals surface area contributed by atoms with E-state index in [0.717, 1.165) is 6.54 Å². The minimum Gasteiger partial charge on any atom is -0.196 e. The van der Waals surface area contributed by atoms with Crippen molar-refractivity contribution in [2.45, 2.75) is 52.0 Å². The normalized spacial score (nSPS) is 16.1. The summed E-state index contributed by atoms with van der Waals surface area (Å²) in [6.45, 7) is 8.02. The minimum atomic E-state index is 0.328. The second-order valence-electron chi connectivity index (χ2n) is 5.99. The molecule has 0 saturated carbocycles. The first kappa shape index (κ1) is 13.4. The molecular weight excluding hydrogens is 242 g/mol. The van der Waals surface area contributed by atoms with Gasteiger partial charge in [-0.2, -0.15) is 4.57 Å². The number of aryl methyl sites for hydroxylation is 1. The van der Waals surface area contributed by atoms with Crippen LogP contribution in [0.15, 0.2) is 42.5 Å². The second kappa shape index (κ2) is 5.05. The zero-order chi connectivity index (χ0) is 14.2. The summed E-state index contributed by atoms with van der Waals surface area (Å²) in [7, 11) is 0. The van der Waals surface area contributed by atoms with Crippen LogP contribution in [0.5, 0.6) is 0 Å². The van der Waals surface area contributed by atoms with Crippen LogP contribution in [0.25, 0.3) is 11.3 Å². The van der Waals surface area contributed by atoms with Crippen LogP contribution in [0.3, 0.4) is 0 Å². The van der Waals surface area contributed by atoms with E-state index in [0.29, 0.717) is 5.41 Å². The highest BCUT2D eigenvalue weighted by Crippen LogP contribution is 2.41. The molecule has 1 nitrogen and oxygen atoms in total. The molecule has 2 aromatic rings. The van der Waals surface area contributed by atoms with Crippen LogP contribution in [0.1, 0.15) is 44.4 Å². The molecule has 0 saturated heterocycles. The van der Waals surface area contributed by atoms with Crippen LogP contribution in [-0.4, -0.2) is 0 Å². The average Bonchev–Trinajstić information content (AvgIpc) is 2.64. The first-order valence-electron chi connectivity index (χ1n) is 7.81. The van der Waals surface area contributed by atoms with Crippen LogP contribution < -0.4 is 4.57 Å². The zero-order valence-corrected chi connectivity index (χ0v) is 12.8. The minimum absolute atomic E-state index is 0.328. The summed E-state index contributed by atoms with van der Waals surface area (Å²) in [6.07, 6.45) is 3.67. The number of rotatable bonds is 2. The zero-order valence-electron chi connectivity index (χ0n) is 12.8. The lowest BCUT2D eigenvalue weighted by Crippen LogP contribution is -2.40. The number of hydrogen-bond acceptors (Lipinski definition) is 0. The third-order valence-electron chi connectivity index (χ3n) is 5.25. The molecular formula is C19H24N+. The molecule has 0 fully saturated rings. The fraction of sp³-hybridized carbons (Fsp3) is 0.421. The van der Waals surface area contributed by atoms with Gasteiger partial charge in [0.25, 0.3) is 0 Å². The van der Waals surface area contributed by atoms with E-state index in [1.54, 1.807) is 5.56 Å². The highest BCUT2D eigenvalue weighted by atomic mass is 15.0. The number of pyridine rings is 1. The molecule has 3 rings (SSSR count). The van der Waals surface area contributed by atoms with Gasteiger partial charge in [-0.25, -0.2) is 0 Å². The van der Waals surface area contributed by atoms with Gasteiger partial charge in [-0.1, -0.05) is 32.0 Å². The standard InChI is InChI=1S/C19H24N/c1-4-19(5-2)13-14-20-15(3)9-8-12-18(20)16-10-6-7-11-17(16)19/h6-12H,4-5,13-14H2,1-3H3/q+1. The summed E-state index contributed by atoms with van der Waals surface area (Å²) in [5.41, 5.74) is 6.04. The number of benzene rings is 1. The van der Waals surface area contributed by atoms with E-state index in [1.165, 1.54) is 36.2 Å². The monoisotopic (exact) mass is 266 g/mol. The molecule has 0 amide bonds. The summed E-state index contributed by atoms with van der Waals surface area (Å²) >= 11 is 0. The maximum absolute atomic E-state index is 2.49. The van der Waals surface area contributed by atoms with Gasteiger partial charge in [0.15, 0.2) is 5.69 Å². The van der Waals surface area contributed by atoms with Crippen molar-refractivity contribution in [3.63, 3.8) is 0 Å². The van der Waals surface area contributed by atoms with Gasteiger partial charge >= 0.3 is 0 Å². The number of nitrogens with zero attached hydrogens (tertiary/aromatic N) is 1. The van der Waals surface area contributed by atoms with E-state index in [9.17, 15) is 0 Å². The molecule has 2 heterocycles. The maximum Gasteiger partial charge on any atom is 0.212 e. The van der Waals surface area contributed by atoms with E-state index in [2.05, 4.69) is 67.8 Å². The lowest BCUT2D eigenvalue weighted by Gasteiger charge is -2.31. The van der Waals surface area contributed by atoms with Crippen LogP contribution in [0, 0.1) is 6.92 Å². The van der Waals surface area contributed by atoms with Gasteiger partial charge in [0.05, 0.1) is 0 Å². The predicted octanol–water partition coefficient (Wildman–Crippen LogP) is 4.41. The molecule has 0 spiro atoms. The highest BCUT2D eigenvalue weighted by Gasteiger charge is 2.37. The van der Waals surface area contributed by atoms with Crippen LogP contribution in [-0.2, 0) is 12.0 Å². The summed E-state index contributed by atoms with van der Waals surface area (Å²) in [4.78, 5) is 0. The van der Waals surface area contributed by atoms with Gasteiger partial charge in [-0.3, -0.25) is 0 Å². The SMILES string of the molecule is CCC1(CC)CC[n+]2c(C)cccc2-c2ccccc21. The number of hydrogen-bond donors (Lipinski definition) is 0. The molecule has 0 N–H and O–H groups in total. The lowest BCUT2D eigenvalue weighted by molar-refractivity contribution is -0.692. The van der Waals surface area contributed by atoms with Crippen LogP contribution in [0.2, 0.25) is 0 Å². The van der Waals surface area contributed by atoms with E-state index < -0.39 is 0 Å². The number of fused-ring (bicyclic) bond motifs is 3. The van der Waals surface area contributed by atoms with Crippen molar-refractivity contribution < 1.29 is 4.57 Å². The predicted molar refractivity (Wildman–Crippen MR) is 83.7 cm³/mol. The molecule has 0 radical (unpaired) electrons. The van der Waals surface area contributed by atoms with Crippen LogP contribution in [0.4, 0.5) is 0 Å². The van der Waals surface area contributed by atoms with Gasteiger partial charge in [-0.05, 0) is 30.5 Å². The quantitative estimate of drug-likeness (QED) is 0.709. The lowest BCUT2D eigenvalue weighted by atomic mass is 9.72. The molecule has 0 unspecified atom stereocenters. The van der Waals surface area contributed by atoms with Crippen molar-refractivity contribution in [1.29, 1.82) is 0 Å². The Balaban J connectivity index is 2.30. The first-order valence-corrected chi connectivity index (χ1v) is 7.81. The average molecular weight is 266 g/mol. The largest absolute Gasteiger partial charge is 0.212 e. The molecule has 0 aliphatic carbocycles. The van der Waals surface area contributed by atoms with Crippen molar-refractivity contribution in [3.05, 3.63) is 53.7 Å². The van der Waals surface area contributed by atoms with E-state index >= 15 is 0 Å². The third kappa shape index (κ3) is 1.88. The van der Waals surface area contributed by atoms with Gasteiger partial charge in [-0.15, -0.1) is 0 Å². The van der Waals surface area contributed by atoms with Crippen LogP contribution >= 0.6 is 0 Å². The van der Waals surface area contributed by atoms with E-state index in [-0.39, 0.29) is 0 Å². The van der Waals surface area contributed by atoms with Gasteiger partial charge in [0, 0.05) is 36.5 Å².